The van der Waals surface area contributed by atoms with E-state index in [1.807, 2.05) is 0 Å². The Labute approximate surface area is 388 Å². The predicted octanol–water partition coefficient (Wildman–Crippen LogP) is 9.06. The Morgan fingerprint density at radius 2 is 0.938 bits per heavy atom. The van der Waals surface area contributed by atoms with Crippen molar-refractivity contribution in [3.05, 3.63) is 60.8 Å². The maximum Gasteiger partial charge on any atom is 0.472 e. The summed E-state index contributed by atoms with van der Waals surface area (Å²) >= 11 is 0. The largest absolute Gasteiger partial charge is 0.472 e. The number of phosphoric ester groups is 2. The van der Waals surface area contributed by atoms with E-state index in [4.69, 9.17) is 18.5 Å². The summed E-state index contributed by atoms with van der Waals surface area (Å²) in [7, 11) is -10.7. The fourth-order valence-electron chi connectivity index (χ4n) is 6.93. The minimum atomic E-state index is -5.37. The van der Waals surface area contributed by atoms with Gasteiger partial charge in [0.1, 0.15) is 43.2 Å². The highest BCUT2D eigenvalue weighted by Crippen LogP contribution is 2.49. The Kier molecular flexibility index (Phi) is 35.2. The van der Waals surface area contributed by atoms with Crippen molar-refractivity contribution in [2.45, 2.75) is 211 Å². The Bertz CT molecular complexity index is 1490. The summed E-state index contributed by atoms with van der Waals surface area (Å²) in [5.41, 5.74) is 0. The third kappa shape index (κ3) is 32.2. The number of allylic oxidation sites excluding steroid dienone is 10. The molecule has 0 spiro atoms. The molecule has 1 rings (SSSR count). The molecular weight excluding hydrogens is 882 g/mol. The maximum atomic E-state index is 13.0. The molecule has 1 aliphatic carbocycles. The second-order valence-corrected chi connectivity index (χ2v) is 19.1. The second kappa shape index (κ2) is 37.7. The molecule has 0 aromatic carbocycles. The van der Waals surface area contributed by atoms with E-state index in [1.54, 1.807) is 0 Å². The molecule has 0 aliphatic heterocycles. The fraction of sp³-hybridized carbons (Fsp3) is 0.745. The molecule has 1 saturated carbocycles. The Hall–Kier alpha value is -2.30. The predicted molar refractivity (Wildman–Crippen MR) is 250 cm³/mol. The monoisotopic (exact) mass is 965 g/mol. The molecule has 0 bridgehead atoms. The molecule has 8 atom stereocenters. The van der Waals surface area contributed by atoms with Crippen LogP contribution in [0.25, 0.3) is 0 Å². The molecule has 376 valence electrons. The zero-order chi connectivity index (χ0) is 48.2. The van der Waals surface area contributed by atoms with Gasteiger partial charge in [-0.05, 0) is 57.8 Å². The number of rotatable bonds is 39. The average Bonchev–Trinajstić information content (AvgIpc) is 3.26. The number of aliphatic hydroxyl groups is 4. The molecular formula is C47H82O16P2. The lowest BCUT2D eigenvalue weighted by Gasteiger charge is -2.43. The van der Waals surface area contributed by atoms with E-state index < -0.39 is 83.5 Å². The molecule has 65 heavy (non-hydrogen) atoms. The number of carbonyl (C=O) groups excluding carboxylic acids is 2. The van der Waals surface area contributed by atoms with Crippen molar-refractivity contribution in [3.8, 4) is 0 Å². The lowest BCUT2D eigenvalue weighted by molar-refractivity contribution is -0.216. The van der Waals surface area contributed by atoms with E-state index >= 15 is 0 Å². The van der Waals surface area contributed by atoms with Gasteiger partial charge in [-0.1, -0.05) is 158 Å². The van der Waals surface area contributed by atoms with Crippen LogP contribution < -0.4 is 0 Å². The summed E-state index contributed by atoms with van der Waals surface area (Å²) in [5, 5.41) is 41.2. The molecule has 1 fully saturated rings. The highest BCUT2D eigenvalue weighted by Gasteiger charge is 2.54. The van der Waals surface area contributed by atoms with Crippen LogP contribution in [0.3, 0.4) is 0 Å². The van der Waals surface area contributed by atoms with Gasteiger partial charge < -0.3 is 44.6 Å². The maximum absolute atomic E-state index is 13.0. The van der Waals surface area contributed by atoms with Crippen LogP contribution >= 0.6 is 15.6 Å². The van der Waals surface area contributed by atoms with Gasteiger partial charge in [0.25, 0.3) is 0 Å². The van der Waals surface area contributed by atoms with E-state index in [2.05, 4.69) is 79.1 Å². The van der Waals surface area contributed by atoms with Gasteiger partial charge in [0.05, 0.1) is 6.61 Å². The molecule has 0 amide bonds. The van der Waals surface area contributed by atoms with Gasteiger partial charge in [-0.3, -0.25) is 23.2 Å². The van der Waals surface area contributed by atoms with Crippen molar-refractivity contribution in [1.29, 1.82) is 0 Å². The van der Waals surface area contributed by atoms with E-state index in [-0.39, 0.29) is 12.8 Å². The summed E-state index contributed by atoms with van der Waals surface area (Å²) in [5.74, 6) is -1.24. The Morgan fingerprint density at radius 3 is 1.43 bits per heavy atom. The van der Waals surface area contributed by atoms with Crippen LogP contribution in [0.5, 0.6) is 0 Å². The zero-order valence-electron chi connectivity index (χ0n) is 38.9. The lowest BCUT2D eigenvalue weighted by Crippen LogP contribution is -2.64. The number of hydrogen-bond donors (Lipinski definition) is 7. The summed E-state index contributed by atoms with van der Waals surface area (Å²) in [6.07, 6.45) is 28.9. The number of unbranched alkanes of at least 4 members (excludes halogenated alkanes) is 15. The fourth-order valence-corrected chi connectivity index (χ4v) is 8.47. The topological polar surface area (TPSA) is 256 Å². The van der Waals surface area contributed by atoms with Crippen LogP contribution in [-0.4, -0.2) is 103 Å². The summed E-state index contributed by atoms with van der Waals surface area (Å²) in [4.78, 5) is 54.3. The van der Waals surface area contributed by atoms with E-state index in [9.17, 15) is 53.8 Å². The molecule has 0 saturated heterocycles. The zero-order valence-corrected chi connectivity index (χ0v) is 40.7. The first kappa shape index (κ1) is 60.7. The molecule has 1 aliphatic rings. The number of aliphatic hydroxyl groups excluding tert-OH is 4. The van der Waals surface area contributed by atoms with Gasteiger partial charge in [0.2, 0.25) is 0 Å². The van der Waals surface area contributed by atoms with Crippen molar-refractivity contribution in [1.82, 2.24) is 0 Å². The summed E-state index contributed by atoms with van der Waals surface area (Å²) in [6.45, 7) is 2.96. The van der Waals surface area contributed by atoms with Crippen LogP contribution in [0.1, 0.15) is 168 Å². The van der Waals surface area contributed by atoms with Crippen molar-refractivity contribution in [2.24, 2.45) is 0 Å². The van der Waals surface area contributed by atoms with Crippen LogP contribution in [0.2, 0.25) is 0 Å². The highest BCUT2D eigenvalue weighted by molar-refractivity contribution is 7.47. The Morgan fingerprint density at radius 1 is 0.508 bits per heavy atom. The minimum Gasteiger partial charge on any atom is -0.462 e. The first-order chi connectivity index (χ1) is 31.1. The van der Waals surface area contributed by atoms with Crippen molar-refractivity contribution >= 4 is 27.6 Å². The molecule has 0 heterocycles. The van der Waals surface area contributed by atoms with Gasteiger partial charge in [-0.2, -0.15) is 0 Å². The Balaban J connectivity index is 2.61. The highest BCUT2D eigenvalue weighted by atomic mass is 31.2. The van der Waals surface area contributed by atoms with Gasteiger partial charge in [-0.15, -0.1) is 0 Å². The molecule has 7 N–H and O–H groups in total. The minimum absolute atomic E-state index is 0.00396. The first-order valence-corrected chi connectivity index (χ1v) is 26.9. The lowest BCUT2D eigenvalue weighted by atomic mass is 9.85. The summed E-state index contributed by atoms with van der Waals surface area (Å²) in [6, 6.07) is 0. The molecule has 0 aromatic heterocycles. The van der Waals surface area contributed by atoms with Gasteiger partial charge in [0.15, 0.2) is 6.10 Å². The number of ether oxygens (including phenoxy) is 2. The van der Waals surface area contributed by atoms with Crippen molar-refractivity contribution < 1.29 is 76.9 Å². The smallest absolute Gasteiger partial charge is 0.462 e. The molecule has 0 aromatic rings. The number of esters is 2. The van der Waals surface area contributed by atoms with E-state index in [0.717, 1.165) is 77.0 Å². The van der Waals surface area contributed by atoms with Gasteiger partial charge >= 0.3 is 27.6 Å². The standard InChI is InChI=1S/C47H82O16P2/c1-3-5-7-9-11-13-15-17-18-19-20-21-22-24-26-28-30-32-34-36-41(49)61-39(37-59-40(48)35-33-31-29-27-25-23-16-14-12-10-8-6-4-2)38-60-65(57,58)63-47-44(52)42(50)43(51)46(45(47)53)62-64(54,55)56/h5,7,11,13,17-18,20-21,24,26,39,42-47,50-53H,3-4,6,8-10,12,14-16,19,22-23,25,27-38H2,1-2H3,(H,57,58)(H2,54,55,56)/b7-5-,13-11-,18-17-,21-20-,26-24-/t39-,42?,43?,44?,45?,46-,47+/m1/s1. The average molecular weight is 965 g/mol. The molecule has 0 radical (unpaired) electrons. The van der Waals surface area contributed by atoms with Gasteiger partial charge in [-0.25, -0.2) is 9.13 Å². The third-order valence-electron chi connectivity index (χ3n) is 10.6. The van der Waals surface area contributed by atoms with E-state index in [0.29, 0.717) is 12.8 Å². The summed E-state index contributed by atoms with van der Waals surface area (Å²) < 4.78 is 49.3. The van der Waals surface area contributed by atoms with Gasteiger partial charge in [0, 0.05) is 12.8 Å². The normalized spacial score (nSPS) is 22.2. The number of carbonyl (C=O) groups is 2. The third-order valence-corrected chi connectivity index (χ3v) is 12.1. The number of hydrogen-bond acceptors (Lipinski definition) is 13. The van der Waals surface area contributed by atoms with Crippen molar-refractivity contribution in [2.75, 3.05) is 13.2 Å². The van der Waals surface area contributed by atoms with Crippen LogP contribution in [0, 0.1) is 0 Å². The van der Waals surface area contributed by atoms with Crippen LogP contribution in [0.15, 0.2) is 60.8 Å². The molecule has 16 nitrogen and oxygen atoms in total. The first-order valence-electron chi connectivity index (χ1n) is 23.8. The molecule has 18 heteroatoms. The van der Waals surface area contributed by atoms with Crippen LogP contribution in [-0.2, 0) is 41.8 Å². The molecule has 5 unspecified atom stereocenters. The van der Waals surface area contributed by atoms with Crippen molar-refractivity contribution in [3.63, 3.8) is 0 Å². The second-order valence-electron chi connectivity index (χ2n) is 16.5. The SMILES string of the molecule is CC/C=C\C/C=C\C/C=C\C/C=C\C/C=C\CCCCCC(=O)O[C@H](COC(=O)CCCCCCCCCCCCCCC)COP(=O)(O)O[C@H]1C(O)C(O)C(O)[C@@H](OP(=O)(O)O)C1O. The number of phosphoric acid groups is 2. The van der Waals surface area contributed by atoms with E-state index in [1.165, 1.54) is 51.4 Å². The quantitative estimate of drug-likeness (QED) is 0.0131. The van der Waals surface area contributed by atoms with Crippen LogP contribution in [0.4, 0.5) is 0 Å².